The molecule has 4 rings (SSSR count). The number of para-hydroxylation sites is 1. The Bertz CT molecular complexity index is 1080. The van der Waals surface area contributed by atoms with Gasteiger partial charge in [-0.3, -0.25) is 4.79 Å². The molecule has 8 heteroatoms. The van der Waals surface area contributed by atoms with E-state index in [4.69, 9.17) is 11.6 Å². The lowest BCUT2D eigenvalue weighted by atomic mass is 9.93. The number of nitrogens with zero attached hydrogens (tertiary/aromatic N) is 4. The Kier molecular flexibility index (Phi) is 6.41. The summed E-state index contributed by atoms with van der Waals surface area (Å²) in [7, 11) is 1.86. The van der Waals surface area contributed by atoms with E-state index in [-0.39, 0.29) is 11.7 Å². The van der Waals surface area contributed by atoms with Gasteiger partial charge in [0.1, 0.15) is 12.0 Å². The second-order valence-corrected chi connectivity index (χ2v) is 8.49. The van der Waals surface area contributed by atoms with Crippen LogP contribution in [0.15, 0.2) is 30.6 Å². The van der Waals surface area contributed by atoms with E-state index in [0.29, 0.717) is 54.2 Å². The molecule has 1 amide bonds. The van der Waals surface area contributed by atoms with Gasteiger partial charge in [0.15, 0.2) is 11.6 Å². The number of carbonyl (C=O) groups excluding carboxylic acids is 1. The molecule has 1 fully saturated rings. The molecular formula is C23H27ClFN5O. The number of benzene rings is 1. The molecule has 0 spiro atoms. The first kappa shape index (κ1) is 21.6. The van der Waals surface area contributed by atoms with Gasteiger partial charge in [-0.25, -0.2) is 14.4 Å². The Morgan fingerprint density at radius 2 is 2.03 bits per heavy atom. The second kappa shape index (κ2) is 9.22. The third-order valence-corrected chi connectivity index (χ3v) is 6.56. The number of carbonyl (C=O) groups is 1. The molecule has 0 bridgehead atoms. The highest BCUT2D eigenvalue weighted by atomic mass is 35.5. The van der Waals surface area contributed by atoms with E-state index in [1.165, 1.54) is 6.33 Å². The molecule has 3 aromatic rings. The molecule has 6 nitrogen and oxygen atoms in total. The number of H-pyrrole nitrogens is 1. The summed E-state index contributed by atoms with van der Waals surface area (Å²) in [5.74, 6) is 0.461. The van der Waals surface area contributed by atoms with Crippen molar-refractivity contribution in [2.45, 2.75) is 32.6 Å². The fraction of sp³-hybridized carbons (Fsp3) is 0.435. The molecule has 1 aliphatic heterocycles. The molecule has 0 unspecified atom stereocenters. The van der Waals surface area contributed by atoms with Gasteiger partial charge in [-0.15, -0.1) is 0 Å². The minimum absolute atomic E-state index is 0.0491. The lowest BCUT2D eigenvalue weighted by Gasteiger charge is -2.32. The summed E-state index contributed by atoms with van der Waals surface area (Å²) in [5, 5.41) is 1.36. The molecule has 1 N–H and O–H groups in total. The van der Waals surface area contributed by atoms with Crippen LogP contribution in [0.5, 0.6) is 0 Å². The van der Waals surface area contributed by atoms with Crippen LogP contribution in [0.3, 0.4) is 0 Å². The Morgan fingerprint density at radius 3 is 2.74 bits per heavy atom. The van der Waals surface area contributed by atoms with E-state index in [9.17, 15) is 9.18 Å². The number of hydrogen-bond acceptors (Lipinski definition) is 4. The Hall–Kier alpha value is -2.67. The maximum absolute atomic E-state index is 14.5. The van der Waals surface area contributed by atoms with Crippen LogP contribution in [0.1, 0.15) is 42.4 Å². The molecule has 1 aromatic carbocycles. The van der Waals surface area contributed by atoms with E-state index in [2.05, 4.69) is 15.0 Å². The Labute approximate surface area is 186 Å². The summed E-state index contributed by atoms with van der Waals surface area (Å²) in [4.78, 5) is 28.0. The van der Waals surface area contributed by atoms with E-state index in [1.807, 2.05) is 48.0 Å². The normalized spacial score (nSPS) is 14.9. The molecule has 31 heavy (non-hydrogen) atoms. The summed E-state index contributed by atoms with van der Waals surface area (Å²) in [6, 6.07) is 7.67. The zero-order valence-electron chi connectivity index (χ0n) is 17.9. The number of amides is 1. The van der Waals surface area contributed by atoms with Crippen molar-refractivity contribution < 1.29 is 9.18 Å². The number of fused-ring (bicyclic) bond motifs is 1. The SMILES string of the molecule is CCc1ncnc(N(C)CCC2CCN(C(=O)c3[nH]c4ccccc4c3Cl)CC2)c1F. The van der Waals surface area contributed by atoms with Crippen LogP contribution in [0.4, 0.5) is 10.2 Å². The summed E-state index contributed by atoms with van der Waals surface area (Å²) >= 11 is 6.45. The van der Waals surface area contributed by atoms with Crippen LogP contribution in [0.2, 0.25) is 5.02 Å². The van der Waals surface area contributed by atoms with Gasteiger partial charge in [0.2, 0.25) is 0 Å². The van der Waals surface area contributed by atoms with Crippen LogP contribution in [-0.4, -0.2) is 52.4 Å². The molecule has 0 radical (unpaired) electrons. The highest BCUT2D eigenvalue weighted by Gasteiger charge is 2.27. The van der Waals surface area contributed by atoms with Gasteiger partial charge in [0.05, 0.1) is 10.7 Å². The van der Waals surface area contributed by atoms with Crippen molar-refractivity contribution in [1.82, 2.24) is 19.9 Å². The van der Waals surface area contributed by atoms with Gasteiger partial charge in [-0.1, -0.05) is 36.7 Å². The zero-order chi connectivity index (χ0) is 22.0. The largest absolute Gasteiger partial charge is 0.357 e. The van der Waals surface area contributed by atoms with Gasteiger partial charge >= 0.3 is 0 Å². The average Bonchev–Trinajstić information content (AvgIpc) is 3.14. The summed E-state index contributed by atoms with van der Waals surface area (Å²) in [5.41, 5.74) is 1.78. The lowest BCUT2D eigenvalue weighted by molar-refractivity contribution is 0.0683. The number of hydrogen-bond donors (Lipinski definition) is 1. The molecule has 0 saturated carbocycles. The number of rotatable bonds is 6. The number of anilines is 1. The van der Waals surface area contributed by atoms with E-state index < -0.39 is 0 Å². The predicted octanol–water partition coefficient (Wildman–Crippen LogP) is 4.69. The summed E-state index contributed by atoms with van der Waals surface area (Å²) in [6.45, 7) is 3.98. The maximum atomic E-state index is 14.5. The van der Waals surface area contributed by atoms with Crippen molar-refractivity contribution in [2.24, 2.45) is 5.92 Å². The number of nitrogens with one attached hydrogen (secondary N) is 1. The quantitative estimate of drug-likeness (QED) is 0.600. The van der Waals surface area contributed by atoms with E-state index >= 15 is 0 Å². The van der Waals surface area contributed by atoms with Crippen molar-refractivity contribution in [1.29, 1.82) is 0 Å². The summed E-state index contributed by atoms with van der Waals surface area (Å²) in [6.07, 6.45) is 4.74. The first-order chi connectivity index (χ1) is 15.0. The van der Waals surface area contributed by atoms with Crippen LogP contribution in [-0.2, 0) is 6.42 Å². The van der Waals surface area contributed by atoms with Crippen molar-refractivity contribution in [3.63, 3.8) is 0 Å². The minimum atomic E-state index is -0.330. The van der Waals surface area contributed by atoms with Crippen LogP contribution in [0.25, 0.3) is 10.9 Å². The fourth-order valence-electron chi connectivity index (χ4n) is 4.23. The number of piperidine rings is 1. The molecule has 0 atom stereocenters. The third kappa shape index (κ3) is 4.37. The smallest absolute Gasteiger partial charge is 0.271 e. The predicted molar refractivity (Wildman–Crippen MR) is 121 cm³/mol. The Balaban J connectivity index is 1.32. The van der Waals surface area contributed by atoms with Crippen LogP contribution >= 0.6 is 11.6 Å². The van der Waals surface area contributed by atoms with Gasteiger partial charge in [0, 0.05) is 37.6 Å². The highest BCUT2D eigenvalue weighted by molar-refractivity contribution is 6.38. The standard InChI is InChI=1S/C23H27ClFN5O/c1-3-17-20(25)22(27-14-26-17)29(2)11-8-15-9-12-30(13-10-15)23(31)21-19(24)16-6-4-5-7-18(16)28-21/h4-7,14-15,28H,3,8-13H2,1-2H3. The Morgan fingerprint density at radius 1 is 1.29 bits per heavy atom. The highest BCUT2D eigenvalue weighted by Crippen LogP contribution is 2.30. The number of halogens is 2. The topological polar surface area (TPSA) is 65.1 Å². The number of aryl methyl sites for hydroxylation is 1. The number of likely N-dealkylation sites (tertiary alicyclic amines) is 1. The van der Waals surface area contributed by atoms with Gasteiger partial charge < -0.3 is 14.8 Å². The van der Waals surface area contributed by atoms with Gasteiger partial charge in [0.25, 0.3) is 5.91 Å². The molecule has 3 heterocycles. The maximum Gasteiger partial charge on any atom is 0.271 e. The van der Waals surface area contributed by atoms with Crippen molar-refractivity contribution in [3.05, 3.63) is 52.8 Å². The van der Waals surface area contributed by atoms with Crippen LogP contribution < -0.4 is 4.90 Å². The second-order valence-electron chi connectivity index (χ2n) is 8.12. The molecular weight excluding hydrogens is 417 g/mol. The summed E-state index contributed by atoms with van der Waals surface area (Å²) < 4.78 is 14.5. The average molecular weight is 444 g/mol. The molecule has 164 valence electrons. The zero-order valence-corrected chi connectivity index (χ0v) is 18.6. The van der Waals surface area contributed by atoms with E-state index in [0.717, 1.165) is 30.2 Å². The molecule has 1 saturated heterocycles. The molecule has 2 aromatic heterocycles. The first-order valence-electron chi connectivity index (χ1n) is 10.8. The monoisotopic (exact) mass is 443 g/mol. The fourth-order valence-corrected chi connectivity index (χ4v) is 4.52. The molecule has 0 aliphatic carbocycles. The lowest BCUT2D eigenvalue weighted by Crippen LogP contribution is -2.39. The first-order valence-corrected chi connectivity index (χ1v) is 11.1. The van der Waals surface area contributed by atoms with Crippen molar-refractivity contribution in [2.75, 3.05) is 31.6 Å². The number of aromatic amines is 1. The van der Waals surface area contributed by atoms with E-state index in [1.54, 1.807) is 0 Å². The third-order valence-electron chi connectivity index (χ3n) is 6.17. The minimum Gasteiger partial charge on any atom is -0.357 e. The van der Waals surface area contributed by atoms with Crippen molar-refractivity contribution >= 4 is 34.2 Å². The van der Waals surface area contributed by atoms with Crippen LogP contribution in [0, 0.1) is 11.7 Å². The van der Waals surface area contributed by atoms with Crippen molar-refractivity contribution in [3.8, 4) is 0 Å². The molecule has 1 aliphatic rings. The number of aromatic nitrogens is 3. The van der Waals surface area contributed by atoms with Gasteiger partial charge in [-0.2, -0.15) is 0 Å². The van der Waals surface area contributed by atoms with Gasteiger partial charge in [-0.05, 0) is 37.7 Å².